The summed E-state index contributed by atoms with van der Waals surface area (Å²) < 4.78 is 0. The van der Waals surface area contributed by atoms with Gasteiger partial charge in [-0.15, -0.1) is 0 Å². The smallest absolute Gasteiger partial charge is 0.186 e. The van der Waals surface area contributed by atoms with Gasteiger partial charge in [-0.05, 0) is 53.1 Å². The molecule has 0 bridgehead atoms. The largest absolute Gasteiger partial charge is 0.361 e. The van der Waals surface area contributed by atoms with E-state index < -0.39 is 0 Å². The summed E-state index contributed by atoms with van der Waals surface area (Å²) in [6.07, 6.45) is 1.07. The Morgan fingerprint density at radius 3 is 2.50 bits per heavy atom. The molecule has 0 heterocycles. The van der Waals surface area contributed by atoms with E-state index in [0.29, 0.717) is 5.11 Å². The predicted octanol–water partition coefficient (Wildman–Crippen LogP) is 0.798. The summed E-state index contributed by atoms with van der Waals surface area (Å²) in [7, 11) is 4.11. The molecular weight excluding hydrogens is 196 g/mol. The van der Waals surface area contributed by atoms with E-state index in [2.05, 4.69) is 34.8 Å². The molecule has 4 nitrogen and oxygen atoms in total. The molecule has 0 aromatic heterocycles. The van der Waals surface area contributed by atoms with Crippen molar-refractivity contribution in [2.45, 2.75) is 20.3 Å². The number of nitrogens with one attached hydrogen (secondary N) is 2. The van der Waals surface area contributed by atoms with Gasteiger partial charge in [-0.25, -0.2) is 0 Å². The van der Waals surface area contributed by atoms with Crippen molar-refractivity contribution in [3.05, 3.63) is 0 Å². The minimum absolute atomic E-state index is 0.588. The molecule has 0 aromatic rings. The average Bonchev–Trinajstić information content (AvgIpc) is 2.08. The van der Waals surface area contributed by atoms with Crippen molar-refractivity contribution in [3.63, 3.8) is 0 Å². The molecule has 0 unspecified atom stereocenters. The van der Waals surface area contributed by atoms with Crippen LogP contribution in [0.2, 0.25) is 0 Å². The minimum Gasteiger partial charge on any atom is -0.361 e. The van der Waals surface area contributed by atoms with Gasteiger partial charge in [0.1, 0.15) is 0 Å². The number of hydrogen-bond acceptors (Lipinski definition) is 3. The van der Waals surface area contributed by atoms with Crippen LogP contribution in [0.25, 0.3) is 0 Å². The monoisotopic (exact) mass is 216 g/mol. The molecule has 0 radical (unpaired) electrons. The molecule has 5 heteroatoms. The second-order valence-corrected chi connectivity index (χ2v) is 3.99. The van der Waals surface area contributed by atoms with Crippen LogP contribution in [0.3, 0.4) is 0 Å². The van der Waals surface area contributed by atoms with E-state index >= 15 is 0 Å². The number of rotatable bonds is 5. The fourth-order valence-corrected chi connectivity index (χ4v) is 0.947. The van der Waals surface area contributed by atoms with Gasteiger partial charge in [-0.3, -0.25) is 5.43 Å². The third-order valence-electron chi connectivity index (χ3n) is 1.45. The number of hydrogen-bond donors (Lipinski definition) is 2. The van der Waals surface area contributed by atoms with Gasteiger partial charge in [0.25, 0.3) is 0 Å². The van der Waals surface area contributed by atoms with Crippen molar-refractivity contribution in [1.29, 1.82) is 0 Å². The zero-order chi connectivity index (χ0) is 11.0. The summed E-state index contributed by atoms with van der Waals surface area (Å²) >= 11 is 5.01. The van der Waals surface area contributed by atoms with E-state index in [4.69, 9.17) is 12.2 Å². The number of thiocarbonyl (C=S) groups is 1. The average molecular weight is 216 g/mol. The molecule has 0 fully saturated rings. The van der Waals surface area contributed by atoms with Crippen LogP contribution >= 0.6 is 12.2 Å². The van der Waals surface area contributed by atoms with Gasteiger partial charge in [0.2, 0.25) is 0 Å². The van der Waals surface area contributed by atoms with E-state index in [-0.39, 0.29) is 0 Å². The first-order chi connectivity index (χ1) is 6.52. The lowest BCUT2D eigenvalue weighted by molar-refractivity contribution is 0.400. The Morgan fingerprint density at radius 1 is 1.36 bits per heavy atom. The standard InChI is InChI=1S/C9H20N4S/c1-8(2)11-12-9(14)10-6-5-7-13(3)4/h5-7H2,1-4H3,(H2,10,12,14). The van der Waals surface area contributed by atoms with Gasteiger partial charge in [0.15, 0.2) is 5.11 Å². The maximum Gasteiger partial charge on any atom is 0.186 e. The van der Waals surface area contributed by atoms with Gasteiger partial charge >= 0.3 is 0 Å². The molecule has 0 atom stereocenters. The molecule has 0 saturated carbocycles. The lowest BCUT2D eigenvalue weighted by atomic mass is 10.4. The van der Waals surface area contributed by atoms with E-state index in [0.717, 1.165) is 25.2 Å². The lowest BCUT2D eigenvalue weighted by Gasteiger charge is -2.10. The number of nitrogens with zero attached hydrogens (tertiary/aromatic N) is 2. The molecule has 0 aliphatic rings. The zero-order valence-corrected chi connectivity index (χ0v) is 10.2. The molecule has 14 heavy (non-hydrogen) atoms. The van der Waals surface area contributed by atoms with Crippen molar-refractivity contribution < 1.29 is 0 Å². The van der Waals surface area contributed by atoms with Crippen LogP contribution in [0.5, 0.6) is 0 Å². The SMILES string of the molecule is CC(C)=NNC(=S)NCCCN(C)C. The topological polar surface area (TPSA) is 39.7 Å². The fourth-order valence-electron chi connectivity index (χ4n) is 0.799. The molecule has 0 saturated heterocycles. The molecule has 0 rings (SSSR count). The summed E-state index contributed by atoms with van der Waals surface area (Å²) in [6.45, 7) is 5.78. The minimum atomic E-state index is 0.588. The molecule has 0 aliphatic heterocycles. The Labute approximate surface area is 91.7 Å². The predicted molar refractivity (Wildman–Crippen MR) is 65.7 cm³/mol. The highest BCUT2D eigenvalue weighted by Crippen LogP contribution is 1.81. The molecule has 0 aromatic carbocycles. The van der Waals surface area contributed by atoms with Crippen LogP contribution in [0.1, 0.15) is 20.3 Å². The first-order valence-electron chi connectivity index (χ1n) is 4.72. The van der Waals surface area contributed by atoms with Crippen LogP contribution < -0.4 is 10.7 Å². The Balaban J connectivity index is 3.41. The van der Waals surface area contributed by atoms with Gasteiger partial charge in [0, 0.05) is 12.3 Å². The molecule has 0 spiro atoms. The summed E-state index contributed by atoms with van der Waals surface area (Å²) in [6, 6.07) is 0. The Bertz CT molecular complexity index is 197. The summed E-state index contributed by atoms with van der Waals surface area (Å²) in [5, 5.41) is 7.66. The fraction of sp³-hybridized carbons (Fsp3) is 0.778. The first kappa shape index (κ1) is 13.3. The van der Waals surface area contributed by atoms with Crippen molar-refractivity contribution in [3.8, 4) is 0 Å². The highest BCUT2D eigenvalue weighted by atomic mass is 32.1. The highest BCUT2D eigenvalue weighted by molar-refractivity contribution is 7.80. The van der Waals surface area contributed by atoms with E-state index in [1.54, 1.807) is 0 Å². The van der Waals surface area contributed by atoms with E-state index in [9.17, 15) is 0 Å². The second kappa shape index (κ2) is 7.70. The van der Waals surface area contributed by atoms with Gasteiger partial charge < -0.3 is 10.2 Å². The second-order valence-electron chi connectivity index (χ2n) is 3.58. The maximum absolute atomic E-state index is 5.01. The summed E-state index contributed by atoms with van der Waals surface area (Å²) in [5.41, 5.74) is 3.73. The van der Waals surface area contributed by atoms with E-state index in [1.807, 2.05) is 13.8 Å². The van der Waals surface area contributed by atoms with Crippen LogP contribution in [0.15, 0.2) is 5.10 Å². The third-order valence-corrected chi connectivity index (χ3v) is 1.68. The summed E-state index contributed by atoms with van der Waals surface area (Å²) in [4.78, 5) is 2.15. The van der Waals surface area contributed by atoms with Crippen LogP contribution in [-0.2, 0) is 0 Å². The molecule has 0 amide bonds. The van der Waals surface area contributed by atoms with Gasteiger partial charge in [-0.1, -0.05) is 0 Å². The van der Waals surface area contributed by atoms with Crippen molar-refractivity contribution >= 4 is 23.0 Å². The highest BCUT2D eigenvalue weighted by Gasteiger charge is 1.93. The van der Waals surface area contributed by atoms with Crippen LogP contribution in [0, 0.1) is 0 Å². The number of hydrazone groups is 1. The maximum atomic E-state index is 5.01. The van der Waals surface area contributed by atoms with Crippen molar-refractivity contribution in [2.75, 3.05) is 27.2 Å². The zero-order valence-electron chi connectivity index (χ0n) is 9.42. The van der Waals surface area contributed by atoms with Crippen LogP contribution in [-0.4, -0.2) is 42.9 Å². The normalized spacial score (nSPS) is 9.79. The lowest BCUT2D eigenvalue weighted by Crippen LogP contribution is -2.34. The quantitative estimate of drug-likeness (QED) is 0.309. The molecule has 82 valence electrons. The molecule has 2 N–H and O–H groups in total. The van der Waals surface area contributed by atoms with Crippen molar-refractivity contribution in [1.82, 2.24) is 15.6 Å². The molecular formula is C9H20N4S. The molecule has 0 aliphatic carbocycles. The van der Waals surface area contributed by atoms with Crippen LogP contribution in [0.4, 0.5) is 0 Å². The Hall–Kier alpha value is -0.680. The van der Waals surface area contributed by atoms with Gasteiger partial charge in [0.05, 0.1) is 0 Å². The third kappa shape index (κ3) is 9.41. The van der Waals surface area contributed by atoms with E-state index in [1.165, 1.54) is 0 Å². The Kier molecular flexibility index (Phi) is 7.32. The van der Waals surface area contributed by atoms with Crippen molar-refractivity contribution in [2.24, 2.45) is 5.10 Å². The summed E-state index contributed by atoms with van der Waals surface area (Å²) in [5.74, 6) is 0. The Morgan fingerprint density at radius 2 is 2.00 bits per heavy atom. The van der Waals surface area contributed by atoms with Gasteiger partial charge in [-0.2, -0.15) is 5.10 Å². The first-order valence-corrected chi connectivity index (χ1v) is 5.12.